The number of urea groups is 1. The largest absolute Gasteiger partial charge is 0.335 e. The normalized spacial score (nSPS) is 32.4. The smallest absolute Gasteiger partial charge is 0.315 e. The van der Waals surface area contributed by atoms with E-state index in [1.807, 2.05) is 0 Å². The van der Waals surface area contributed by atoms with Crippen molar-refractivity contribution >= 4 is 6.03 Å². The molecule has 2 amide bonds. The zero-order chi connectivity index (χ0) is 9.97. The molecule has 2 rings (SSSR count). The van der Waals surface area contributed by atoms with Crippen LogP contribution in [0.25, 0.3) is 0 Å². The summed E-state index contributed by atoms with van der Waals surface area (Å²) in [5.74, 6) is 0.687. The van der Waals surface area contributed by atoms with E-state index in [-0.39, 0.29) is 6.03 Å². The second-order valence-electron chi connectivity index (χ2n) is 4.77. The molecule has 0 aliphatic heterocycles. The first-order chi connectivity index (χ1) is 6.75. The maximum atomic E-state index is 11.5. The molecule has 2 aliphatic carbocycles. The van der Waals surface area contributed by atoms with E-state index in [1.165, 1.54) is 19.3 Å². The first-order valence-corrected chi connectivity index (χ1v) is 5.83. The van der Waals surface area contributed by atoms with Gasteiger partial charge in [-0.25, -0.2) is 4.79 Å². The molecule has 2 unspecified atom stereocenters. The molecule has 0 spiro atoms. The number of carbonyl (C=O) groups excluding carboxylic acids is 1. The van der Waals surface area contributed by atoms with E-state index in [0.717, 1.165) is 19.3 Å². The predicted octanol–water partition coefficient (Wildman–Crippen LogP) is 2.03. The third-order valence-electron chi connectivity index (χ3n) is 3.37. The third kappa shape index (κ3) is 2.63. The first kappa shape index (κ1) is 9.81. The Morgan fingerprint density at radius 1 is 1.14 bits per heavy atom. The minimum absolute atomic E-state index is 0.0475. The van der Waals surface area contributed by atoms with Crippen molar-refractivity contribution in [3.8, 4) is 0 Å². The molecule has 2 atom stereocenters. The number of hydrogen-bond donors (Lipinski definition) is 2. The lowest BCUT2D eigenvalue weighted by Gasteiger charge is -2.22. The summed E-state index contributed by atoms with van der Waals surface area (Å²) in [5.41, 5.74) is 0. The molecule has 2 N–H and O–H groups in total. The van der Waals surface area contributed by atoms with Crippen LogP contribution in [0.3, 0.4) is 0 Å². The molecule has 0 aromatic heterocycles. The Labute approximate surface area is 85.6 Å². The summed E-state index contributed by atoms with van der Waals surface area (Å²) in [7, 11) is 0. The van der Waals surface area contributed by atoms with Crippen LogP contribution in [-0.4, -0.2) is 18.1 Å². The van der Waals surface area contributed by atoms with E-state index >= 15 is 0 Å². The van der Waals surface area contributed by atoms with E-state index in [9.17, 15) is 4.79 Å². The Morgan fingerprint density at radius 3 is 2.36 bits per heavy atom. The van der Waals surface area contributed by atoms with Gasteiger partial charge in [0.2, 0.25) is 0 Å². The molecular weight excluding hydrogens is 176 g/mol. The predicted molar refractivity (Wildman–Crippen MR) is 56.1 cm³/mol. The molecule has 2 fully saturated rings. The van der Waals surface area contributed by atoms with E-state index in [2.05, 4.69) is 17.6 Å². The Hall–Kier alpha value is -0.730. The molecule has 0 bridgehead atoms. The second-order valence-corrected chi connectivity index (χ2v) is 4.77. The van der Waals surface area contributed by atoms with Gasteiger partial charge in [-0.15, -0.1) is 0 Å². The lowest BCUT2D eigenvalue weighted by Crippen LogP contribution is -2.43. The molecule has 3 heteroatoms. The summed E-state index contributed by atoms with van der Waals surface area (Å²) < 4.78 is 0. The van der Waals surface area contributed by atoms with Crippen LogP contribution >= 0.6 is 0 Å². The maximum Gasteiger partial charge on any atom is 0.315 e. The first-order valence-electron chi connectivity index (χ1n) is 5.83. The topological polar surface area (TPSA) is 41.1 Å². The molecule has 14 heavy (non-hydrogen) atoms. The van der Waals surface area contributed by atoms with Gasteiger partial charge in [0.05, 0.1) is 0 Å². The number of amides is 2. The van der Waals surface area contributed by atoms with Crippen molar-refractivity contribution in [2.24, 2.45) is 5.92 Å². The Kier molecular flexibility index (Phi) is 2.94. The second kappa shape index (κ2) is 4.20. The van der Waals surface area contributed by atoms with Gasteiger partial charge in [0.25, 0.3) is 0 Å². The van der Waals surface area contributed by atoms with Crippen LogP contribution in [0.5, 0.6) is 0 Å². The molecule has 80 valence electrons. The lowest BCUT2D eigenvalue weighted by atomic mass is 9.96. The van der Waals surface area contributed by atoms with Crippen LogP contribution in [0.15, 0.2) is 0 Å². The molecule has 3 nitrogen and oxygen atoms in total. The molecule has 0 aromatic rings. The van der Waals surface area contributed by atoms with Crippen molar-refractivity contribution in [2.75, 3.05) is 0 Å². The Bertz CT molecular complexity index is 211. The minimum Gasteiger partial charge on any atom is -0.335 e. The summed E-state index contributed by atoms with van der Waals surface area (Å²) in [4.78, 5) is 11.5. The highest BCUT2D eigenvalue weighted by Gasteiger charge is 2.34. The van der Waals surface area contributed by atoms with E-state index in [1.54, 1.807) is 0 Å². The van der Waals surface area contributed by atoms with E-state index in [4.69, 9.17) is 0 Å². The van der Waals surface area contributed by atoms with Crippen molar-refractivity contribution in [1.29, 1.82) is 0 Å². The highest BCUT2D eigenvalue weighted by atomic mass is 16.2. The van der Waals surface area contributed by atoms with Crippen molar-refractivity contribution in [1.82, 2.24) is 10.6 Å². The van der Waals surface area contributed by atoms with Crippen molar-refractivity contribution in [2.45, 2.75) is 57.5 Å². The van der Waals surface area contributed by atoms with Gasteiger partial charge in [-0.2, -0.15) is 0 Å². The SMILES string of the molecule is CC1CC1NC(=O)NC1CCCCC1. The van der Waals surface area contributed by atoms with Crippen LogP contribution in [0.2, 0.25) is 0 Å². The summed E-state index contributed by atoms with van der Waals surface area (Å²) in [6.45, 7) is 2.17. The van der Waals surface area contributed by atoms with E-state index < -0.39 is 0 Å². The number of carbonyl (C=O) groups is 1. The van der Waals surface area contributed by atoms with Gasteiger partial charge in [-0.1, -0.05) is 26.2 Å². The number of rotatable bonds is 2. The molecule has 0 saturated heterocycles. The van der Waals surface area contributed by atoms with Crippen molar-refractivity contribution < 1.29 is 4.79 Å². The summed E-state index contributed by atoms with van der Waals surface area (Å²) in [6.07, 6.45) is 7.34. The van der Waals surface area contributed by atoms with Gasteiger partial charge < -0.3 is 10.6 Å². The summed E-state index contributed by atoms with van der Waals surface area (Å²) in [6, 6.07) is 0.919. The molecule has 0 radical (unpaired) electrons. The molecule has 2 saturated carbocycles. The highest BCUT2D eigenvalue weighted by molar-refractivity contribution is 5.75. The van der Waals surface area contributed by atoms with E-state index in [0.29, 0.717) is 18.0 Å². The zero-order valence-corrected chi connectivity index (χ0v) is 8.88. The summed E-state index contributed by atoms with van der Waals surface area (Å²) >= 11 is 0. The lowest BCUT2D eigenvalue weighted by molar-refractivity contribution is 0.232. The molecule has 2 aliphatic rings. The quantitative estimate of drug-likeness (QED) is 0.697. The highest BCUT2D eigenvalue weighted by Crippen LogP contribution is 2.28. The number of nitrogens with one attached hydrogen (secondary N) is 2. The van der Waals surface area contributed by atoms with Crippen LogP contribution in [0, 0.1) is 5.92 Å². The fourth-order valence-corrected chi connectivity index (χ4v) is 2.17. The van der Waals surface area contributed by atoms with Crippen molar-refractivity contribution in [3.63, 3.8) is 0 Å². The standard InChI is InChI=1S/C11H20N2O/c1-8-7-10(8)13-11(14)12-9-5-3-2-4-6-9/h8-10H,2-7H2,1H3,(H2,12,13,14). The Balaban J connectivity index is 1.65. The average Bonchev–Trinajstić information content (AvgIpc) is 2.83. The van der Waals surface area contributed by atoms with Crippen LogP contribution in [-0.2, 0) is 0 Å². The average molecular weight is 196 g/mol. The van der Waals surface area contributed by atoms with Crippen molar-refractivity contribution in [3.05, 3.63) is 0 Å². The fourth-order valence-electron chi connectivity index (χ4n) is 2.17. The van der Waals surface area contributed by atoms with Gasteiger partial charge in [0.15, 0.2) is 0 Å². The molecule has 0 heterocycles. The zero-order valence-electron chi connectivity index (χ0n) is 8.88. The van der Waals surface area contributed by atoms with Crippen LogP contribution in [0.4, 0.5) is 4.79 Å². The molecular formula is C11H20N2O. The fraction of sp³-hybridized carbons (Fsp3) is 0.909. The van der Waals surface area contributed by atoms with Crippen LogP contribution in [0.1, 0.15) is 45.4 Å². The van der Waals surface area contributed by atoms with Gasteiger partial charge >= 0.3 is 6.03 Å². The monoisotopic (exact) mass is 196 g/mol. The maximum absolute atomic E-state index is 11.5. The van der Waals surface area contributed by atoms with Crippen LogP contribution < -0.4 is 10.6 Å². The molecule has 0 aromatic carbocycles. The van der Waals surface area contributed by atoms with Gasteiger partial charge in [-0.05, 0) is 25.2 Å². The van der Waals surface area contributed by atoms with Gasteiger partial charge in [0.1, 0.15) is 0 Å². The summed E-state index contributed by atoms with van der Waals surface area (Å²) in [5, 5.41) is 6.06. The third-order valence-corrected chi connectivity index (χ3v) is 3.37. The Morgan fingerprint density at radius 2 is 1.79 bits per heavy atom. The minimum atomic E-state index is 0.0475. The van der Waals surface area contributed by atoms with Gasteiger partial charge in [0, 0.05) is 12.1 Å². The van der Waals surface area contributed by atoms with Gasteiger partial charge in [-0.3, -0.25) is 0 Å². The number of hydrogen-bond acceptors (Lipinski definition) is 1.